The number of benzene rings is 1. The highest BCUT2D eigenvalue weighted by molar-refractivity contribution is 7.22. The van der Waals surface area contributed by atoms with Crippen molar-refractivity contribution < 1.29 is 4.79 Å². The van der Waals surface area contributed by atoms with E-state index in [0.29, 0.717) is 5.69 Å². The lowest BCUT2D eigenvalue weighted by Gasteiger charge is -2.11. The van der Waals surface area contributed by atoms with Crippen LogP contribution in [0.4, 0.5) is 10.8 Å². The average molecular weight is 327 g/mol. The Morgan fingerprint density at radius 1 is 1.26 bits per heavy atom. The molecule has 3 heterocycles. The smallest absolute Gasteiger partial charge is 0.273 e. The molecule has 7 heteroatoms. The van der Waals surface area contributed by atoms with Crippen molar-refractivity contribution in [2.75, 3.05) is 23.3 Å². The number of aromatic nitrogens is 3. The summed E-state index contributed by atoms with van der Waals surface area (Å²) in [4.78, 5) is 19.3. The van der Waals surface area contributed by atoms with Crippen molar-refractivity contribution >= 4 is 38.3 Å². The molecular formula is C16H17N5OS. The molecule has 2 aromatic heterocycles. The van der Waals surface area contributed by atoms with Crippen LogP contribution in [-0.2, 0) is 7.05 Å². The number of aryl methyl sites for hydroxylation is 1. The van der Waals surface area contributed by atoms with E-state index in [9.17, 15) is 4.79 Å². The fraction of sp³-hybridized carbons (Fsp3) is 0.312. The molecule has 1 aromatic carbocycles. The Labute approximate surface area is 137 Å². The largest absolute Gasteiger partial charge is 0.348 e. The first-order valence-electron chi connectivity index (χ1n) is 7.65. The summed E-state index contributed by atoms with van der Waals surface area (Å²) >= 11 is 1.68. The van der Waals surface area contributed by atoms with Crippen LogP contribution in [0.15, 0.2) is 30.5 Å². The Morgan fingerprint density at radius 2 is 2.09 bits per heavy atom. The number of carbonyl (C=O) groups is 1. The Hall–Kier alpha value is -2.41. The normalized spacial score (nSPS) is 14.6. The lowest BCUT2D eigenvalue weighted by atomic mass is 10.3. The van der Waals surface area contributed by atoms with Crippen molar-refractivity contribution in [3.63, 3.8) is 0 Å². The number of anilines is 2. The minimum Gasteiger partial charge on any atom is -0.348 e. The minimum atomic E-state index is -0.159. The standard InChI is InChI=1S/C16H17N5OS/c1-20-13(6-7-17-20)15(22)18-11-4-5-12-14(10-11)23-16(19-12)21-8-2-3-9-21/h4-7,10H,2-3,8-9H2,1H3,(H,18,22). The fourth-order valence-corrected chi connectivity index (χ4v) is 3.88. The van der Waals surface area contributed by atoms with Crippen molar-refractivity contribution in [1.82, 2.24) is 14.8 Å². The Morgan fingerprint density at radius 3 is 2.83 bits per heavy atom. The summed E-state index contributed by atoms with van der Waals surface area (Å²) in [7, 11) is 1.75. The summed E-state index contributed by atoms with van der Waals surface area (Å²) < 4.78 is 2.65. The summed E-state index contributed by atoms with van der Waals surface area (Å²) in [6.45, 7) is 2.17. The van der Waals surface area contributed by atoms with E-state index >= 15 is 0 Å². The van der Waals surface area contributed by atoms with E-state index in [0.717, 1.165) is 34.1 Å². The molecule has 0 aliphatic carbocycles. The number of nitrogens with zero attached hydrogens (tertiary/aromatic N) is 4. The molecule has 118 valence electrons. The third kappa shape index (κ3) is 2.68. The van der Waals surface area contributed by atoms with Crippen LogP contribution >= 0.6 is 11.3 Å². The molecule has 0 radical (unpaired) electrons. The molecule has 0 unspecified atom stereocenters. The highest BCUT2D eigenvalue weighted by Gasteiger charge is 2.17. The number of fused-ring (bicyclic) bond motifs is 1. The number of amides is 1. The number of hydrogen-bond acceptors (Lipinski definition) is 5. The van der Waals surface area contributed by atoms with Gasteiger partial charge < -0.3 is 10.2 Å². The number of nitrogens with one attached hydrogen (secondary N) is 1. The van der Waals surface area contributed by atoms with Crippen molar-refractivity contribution in [1.29, 1.82) is 0 Å². The molecule has 0 saturated carbocycles. The quantitative estimate of drug-likeness (QED) is 0.803. The lowest BCUT2D eigenvalue weighted by Crippen LogP contribution is -2.16. The van der Waals surface area contributed by atoms with Gasteiger partial charge in [0.1, 0.15) is 5.69 Å². The van der Waals surface area contributed by atoms with Crippen LogP contribution in [0, 0.1) is 0 Å². The summed E-state index contributed by atoms with van der Waals surface area (Å²) in [5.74, 6) is -0.159. The van der Waals surface area contributed by atoms with Crippen LogP contribution in [0.5, 0.6) is 0 Å². The highest BCUT2D eigenvalue weighted by atomic mass is 32.1. The summed E-state index contributed by atoms with van der Waals surface area (Å²) in [5.41, 5.74) is 2.29. The van der Waals surface area contributed by atoms with E-state index in [2.05, 4.69) is 15.3 Å². The first kappa shape index (κ1) is 14.2. The van der Waals surface area contributed by atoms with Gasteiger partial charge in [-0.25, -0.2) is 4.98 Å². The second kappa shape index (κ2) is 5.66. The molecular weight excluding hydrogens is 310 g/mol. The molecule has 1 N–H and O–H groups in total. The third-order valence-electron chi connectivity index (χ3n) is 4.07. The van der Waals surface area contributed by atoms with Crippen molar-refractivity contribution in [3.8, 4) is 0 Å². The van der Waals surface area contributed by atoms with Gasteiger partial charge in [-0.1, -0.05) is 11.3 Å². The van der Waals surface area contributed by atoms with Gasteiger partial charge in [0, 0.05) is 32.0 Å². The zero-order valence-electron chi connectivity index (χ0n) is 12.8. The van der Waals surface area contributed by atoms with Gasteiger partial charge in [0.05, 0.1) is 10.2 Å². The van der Waals surface area contributed by atoms with Crippen LogP contribution in [0.2, 0.25) is 0 Å². The molecule has 4 rings (SSSR count). The van der Waals surface area contributed by atoms with Crippen molar-refractivity contribution in [3.05, 3.63) is 36.2 Å². The molecule has 1 fully saturated rings. The topological polar surface area (TPSA) is 63.1 Å². The van der Waals surface area contributed by atoms with E-state index in [1.165, 1.54) is 12.8 Å². The summed E-state index contributed by atoms with van der Waals surface area (Å²) in [6, 6.07) is 7.54. The molecule has 1 amide bonds. The van der Waals surface area contributed by atoms with Gasteiger partial charge in [-0.2, -0.15) is 5.10 Å². The van der Waals surface area contributed by atoms with Gasteiger partial charge in [-0.05, 0) is 37.1 Å². The molecule has 0 bridgehead atoms. The zero-order valence-corrected chi connectivity index (χ0v) is 13.6. The number of carbonyl (C=O) groups excluding carboxylic acids is 1. The Bertz CT molecular complexity index is 862. The number of hydrogen-bond donors (Lipinski definition) is 1. The van der Waals surface area contributed by atoms with Gasteiger partial charge in [0.2, 0.25) is 0 Å². The van der Waals surface area contributed by atoms with Gasteiger partial charge in [0.15, 0.2) is 5.13 Å². The van der Waals surface area contributed by atoms with Crippen LogP contribution in [0.3, 0.4) is 0 Å². The van der Waals surface area contributed by atoms with Crippen LogP contribution in [0.1, 0.15) is 23.3 Å². The minimum absolute atomic E-state index is 0.159. The zero-order chi connectivity index (χ0) is 15.8. The van der Waals surface area contributed by atoms with E-state index in [4.69, 9.17) is 4.98 Å². The van der Waals surface area contributed by atoms with Crippen molar-refractivity contribution in [2.45, 2.75) is 12.8 Å². The predicted molar refractivity (Wildman–Crippen MR) is 92.2 cm³/mol. The molecule has 1 aliphatic rings. The second-order valence-corrected chi connectivity index (χ2v) is 6.68. The molecule has 23 heavy (non-hydrogen) atoms. The van der Waals surface area contributed by atoms with Crippen molar-refractivity contribution in [2.24, 2.45) is 7.05 Å². The first-order chi connectivity index (χ1) is 11.2. The average Bonchev–Trinajstić information content (AvgIpc) is 3.26. The Balaban J connectivity index is 1.58. The van der Waals surface area contributed by atoms with E-state index in [1.54, 1.807) is 35.3 Å². The lowest BCUT2D eigenvalue weighted by molar-refractivity contribution is 0.101. The molecule has 1 aliphatic heterocycles. The SMILES string of the molecule is Cn1nccc1C(=O)Nc1ccc2nc(N3CCCC3)sc2c1. The van der Waals surface area contributed by atoms with Gasteiger partial charge in [-0.3, -0.25) is 9.48 Å². The molecule has 3 aromatic rings. The van der Waals surface area contributed by atoms with Crippen LogP contribution in [-0.4, -0.2) is 33.8 Å². The third-order valence-corrected chi connectivity index (χ3v) is 5.14. The van der Waals surface area contributed by atoms with Crippen LogP contribution < -0.4 is 10.2 Å². The number of thiazole rings is 1. The molecule has 0 spiro atoms. The monoisotopic (exact) mass is 327 g/mol. The predicted octanol–water partition coefficient (Wildman–Crippen LogP) is 2.88. The molecule has 1 saturated heterocycles. The second-order valence-electron chi connectivity index (χ2n) is 5.67. The van der Waals surface area contributed by atoms with Gasteiger partial charge in [0.25, 0.3) is 5.91 Å². The van der Waals surface area contributed by atoms with Gasteiger partial charge >= 0.3 is 0 Å². The molecule has 0 atom stereocenters. The highest BCUT2D eigenvalue weighted by Crippen LogP contribution is 2.32. The fourth-order valence-electron chi connectivity index (χ4n) is 2.83. The summed E-state index contributed by atoms with van der Waals surface area (Å²) in [6.07, 6.45) is 4.09. The van der Waals surface area contributed by atoms with E-state index < -0.39 is 0 Å². The maximum atomic E-state index is 12.3. The van der Waals surface area contributed by atoms with E-state index in [-0.39, 0.29) is 5.91 Å². The summed E-state index contributed by atoms with van der Waals surface area (Å²) in [5, 5.41) is 8.02. The first-order valence-corrected chi connectivity index (χ1v) is 8.47. The Kier molecular flexibility index (Phi) is 3.49. The van der Waals surface area contributed by atoms with E-state index in [1.807, 2.05) is 18.2 Å². The number of rotatable bonds is 3. The van der Waals surface area contributed by atoms with Gasteiger partial charge in [-0.15, -0.1) is 0 Å². The van der Waals surface area contributed by atoms with Crippen LogP contribution in [0.25, 0.3) is 10.2 Å². The maximum Gasteiger partial charge on any atom is 0.273 e. The maximum absolute atomic E-state index is 12.3. The molecule has 6 nitrogen and oxygen atoms in total.